The van der Waals surface area contributed by atoms with Gasteiger partial charge in [-0.2, -0.15) is 0 Å². The third kappa shape index (κ3) is 1.54. The predicted molar refractivity (Wildman–Crippen MR) is 82.3 cm³/mol. The van der Waals surface area contributed by atoms with Crippen molar-refractivity contribution in [2.24, 2.45) is 28.6 Å². The Morgan fingerprint density at radius 2 is 1.85 bits per heavy atom. The minimum atomic E-state index is -0.416. The van der Waals surface area contributed by atoms with E-state index in [2.05, 4.69) is 20.4 Å². The minimum Gasteiger partial charge on any atom is -0.390 e. The van der Waals surface area contributed by atoms with Crippen LogP contribution in [0.5, 0.6) is 0 Å². The summed E-state index contributed by atoms with van der Waals surface area (Å²) in [7, 11) is 0. The summed E-state index contributed by atoms with van der Waals surface area (Å²) < 4.78 is 0. The first-order valence-corrected chi connectivity index (χ1v) is 8.77. The van der Waals surface area contributed by atoms with Gasteiger partial charge in [0.05, 0.1) is 5.60 Å². The van der Waals surface area contributed by atoms with E-state index in [4.69, 9.17) is 0 Å². The van der Waals surface area contributed by atoms with Gasteiger partial charge in [0, 0.05) is 0 Å². The first kappa shape index (κ1) is 13.4. The summed E-state index contributed by atoms with van der Waals surface area (Å²) in [6, 6.07) is 0. The number of allylic oxidation sites excluding steroid dienone is 1. The van der Waals surface area contributed by atoms with Gasteiger partial charge < -0.3 is 5.11 Å². The van der Waals surface area contributed by atoms with E-state index in [-0.39, 0.29) is 0 Å². The Hall–Kier alpha value is -0.300. The van der Waals surface area contributed by atoms with Crippen LogP contribution in [-0.2, 0) is 0 Å². The molecule has 4 rings (SSSR count). The molecule has 112 valence electrons. The molecule has 0 heterocycles. The molecule has 0 radical (unpaired) electrons. The van der Waals surface area contributed by atoms with Gasteiger partial charge in [-0.05, 0) is 86.9 Å². The van der Waals surface area contributed by atoms with Crippen LogP contribution in [0.2, 0.25) is 0 Å². The maximum atomic E-state index is 10.9. The van der Waals surface area contributed by atoms with Gasteiger partial charge in [-0.3, -0.25) is 0 Å². The molecule has 1 nitrogen and oxygen atoms in total. The monoisotopic (exact) mass is 274 g/mol. The highest BCUT2D eigenvalue weighted by molar-refractivity contribution is 5.22. The summed E-state index contributed by atoms with van der Waals surface area (Å²) in [5, 5.41) is 10.9. The van der Waals surface area contributed by atoms with Crippen molar-refractivity contribution in [3.8, 4) is 0 Å². The Labute approximate surface area is 123 Å². The molecule has 4 aliphatic carbocycles. The second-order valence-electron chi connectivity index (χ2n) is 9.04. The Kier molecular flexibility index (Phi) is 2.61. The normalized spacial score (nSPS) is 58.1. The van der Waals surface area contributed by atoms with E-state index >= 15 is 0 Å². The fourth-order valence-corrected chi connectivity index (χ4v) is 7.32. The lowest BCUT2D eigenvalue weighted by molar-refractivity contribution is -0.180. The van der Waals surface area contributed by atoms with Gasteiger partial charge in [0.2, 0.25) is 0 Å². The van der Waals surface area contributed by atoms with Crippen LogP contribution in [0.15, 0.2) is 12.2 Å². The average molecular weight is 274 g/mol. The first-order valence-electron chi connectivity index (χ1n) is 8.77. The molecule has 4 fully saturated rings. The largest absolute Gasteiger partial charge is 0.390 e. The van der Waals surface area contributed by atoms with Crippen LogP contribution in [-0.4, -0.2) is 10.7 Å². The van der Waals surface area contributed by atoms with Crippen molar-refractivity contribution in [1.29, 1.82) is 0 Å². The van der Waals surface area contributed by atoms with E-state index in [0.29, 0.717) is 16.7 Å². The standard InChI is InChI=1S/C19H30O/c1-13-11-19-10-7-15-17(2,8-4-9-18(15,3)20)16(19)6-5-14(13)12-19/h14-16,20H,1,4-12H2,2-3H3/t14-,15+,16+,17-,18-,19-/m1/s1. The molecule has 4 aliphatic rings. The Morgan fingerprint density at radius 1 is 1.05 bits per heavy atom. The molecular weight excluding hydrogens is 244 g/mol. The third-order valence-electron chi connectivity index (χ3n) is 8.02. The van der Waals surface area contributed by atoms with Crippen LogP contribution in [0.3, 0.4) is 0 Å². The maximum Gasteiger partial charge on any atom is 0.0653 e. The summed E-state index contributed by atoms with van der Waals surface area (Å²) in [5.74, 6) is 2.20. The fraction of sp³-hybridized carbons (Fsp3) is 0.895. The average Bonchev–Trinajstić information content (AvgIpc) is 2.58. The van der Waals surface area contributed by atoms with Gasteiger partial charge in [0.25, 0.3) is 0 Å². The molecule has 0 aromatic carbocycles. The zero-order valence-corrected chi connectivity index (χ0v) is 13.3. The molecule has 0 aliphatic heterocycles. The van der Waals surface area contributed by atoms with Crippen LogP contribution in [0.25, 0.3) is 0 Å². The van der Waals surface area contributed by atoms with Gasteiger partial charge >= 0.3 is 0 Å². The molecule has 0 aromatic rings. The van der Waals surface area contributed by atoms with Crippen molar-refractivity contribution in [3.05, 3.63) is 12.2 Å². The number of hydrogen-bond acceptors (Lipinski definition) is 1. The molecule has 0 saturated heterocycles. The molecule has 0 aromatic heterocycles. The quantitative estimate of drug-likeness (QED) is 0.635. The van der Waals surface area contributed by atoms with Gasteiger partial charge in [-0.25, -0.2) is 0 Å². The minimum absolute atomic E-state index is 0.385. The van der Waals surface area contributed by atoms with Gasteiger partial charge in [0.1, 0.15) is 0 Å². The molecular formula is C19H30O. The molecule has 0 amide bonds. The zero-order chi connectivity index (χ0) is 14.2. The van der Waals surface area contributed by atoms with E-state index in [0.717, 1.165) is 18.3 Å². The summed E-state index contributed by atoms with van der Waals surface area (Å²) in [6.07, 6.45) is 11.7. The zero-order valence-electron chi connectivity index (χ0n) is 13.3. The van der Waals surface area contributed by atoms with Crippen LogP contribution in [0, 0.1) is 28.6 Å². The van der Waals surface area contributed by atoms with E-state index in [9.17, 15) is 5.11 Å². The second-order valence-corrected chi connectivity index (χ2v) is 9.04. The molecule has 0 unspecified atom stereocenters. The summed E-state index contributed by atoms with van der Waals surface area (Å²) >= 11 is 0. The smallest absolute Gasteiger partial charge is 0.0653 e. The highest BCUT2D eigenvalue weighted by Crippen LogP contribution is 2.70. The summed E-state index contributed by atoms with van der Waals surface area (Å²) in [4.78, 5) is 0. The number of hydrogen-bond donors (Lipinski definition) is 1. The molecule has 1 spiro atoms. The van der Waals surface area contributed by atoms with E-state index in [1.54, 1.807) is 5.57 Å². The lowest BCUT2D eigenvalue weighted by atomic mass is 9.43. The van der Waals surface area contributed by atoms with Gasteiger partial charge in [-0.15, -0.1) is 0 Å². The second kappa shape index (κ2) is 3.91. The Balaban J connectivity index is 1.74. The van der Waals surface area contributed by atoms with Crippen LogP contribution in [0.1, 0.15) is 71.6 Å². The SMILES string of the molecule is C=C1C[C@@]23CC[C@H]4[C@@](C)(CCC[C@@]4(C)O)[C@@H]2CC[C@@H]1C3. The van der Waals surface area contributed by atoms with Gasteiger partial charge in [0.15, 0.2) is 0 Å². The number of fused-ring (bicyclic) bond motifs is 3. The van der Waals surface area contributed by atoms with Crippen LogP contribution in [0.4, 0.5) is 0 Å². The molecule has 6 atom stereocenters. The van der Waals surface area contributed by atoms with Crippen molar-refractivity contribution in [2.45, 2.75) is 77.2 Å². The lowest BCUT2D eigenvalue weighted by Crippen LogP contribution is -2.58. The molecule has 1 N–H and O–H groups in total. The Bertz CT molecular complexity index is 451. The molecule has 20 heavy (non-hydrogen) atoms. The molecule has 1 heteroatoms. The van der Waals surface area contributed by atoms with Crippen LogP contribution < -0.4 is 0 Å². The van der Waals surface area contributed by atoms with Gasteiger partial charge in [-0.1, -0.05) is 25.5 Å². The van der Waals surface area contributed by atoms with Crippen molar-refractivity contribution in [1.82, 2.24) is 0 Å². The highest BCUT2D eigenvalue weighted by Gasteiger charge is 2.63. The van der Waals surface area contributed by atoms with Crippen LogP contribution >= 0.6 is 0 Å². The van der Waals surface area contributed by atoms with E-state index < -0.39 is 5.60 Å². The topological polar surface area (TPSA) is 20.2 Å². The maximum absolute atomic E-state index is 10.9. The Morgan fingerprint density at radius 3 is 2.65 bits per heavy atom. The van der Waals surface area contributed by atoms with Crippen molar-refractivity contribution in [2.75, 3.05) is 0 Å². The summed E-state index contributed by atoms with van der Waals surface area (Å²) in [6.45, 7) is 9.03. The van der Waals surface area contributed by atoms with E-state index in [1.807, 2.05) is 0 Å². The van der Waals surface area contributed by atoms with Crippen molar-refractivity contribution in [3.63, 3.8) is 0 Å². The predicted octanol–water partition coefficient (Wildman–Crippen LogP) is 4.70. The molecule has 4 saturated carbocycles. The fourth-order valence-electron chi connectivity index (χ4n) is 7.32. The van der Waals surface area contributed by atoms with Crippen molar-refractivity contribution >= 4 is 0 Å². The van der Waals surface area contributed by atoms with Crippen molar-refractivity contribution < 1.29 is 5.11 Å². The third-order valence-corrected chi connectivity index (χ3v) is 8.02. The first-order chi connectivity index (χ1) is 9.37. The molecule has 2 bridgehead atoms. The number of aliphatic hydroxyl groups is 1. The van der Waals surface area contributed by atoms with E-state index in [1.165, 1.54) is 51.4 Å². The lowest BCUT2D eigenvalue weighted by Gasteiger charge is -2.63. The highest BCUT2D eigenvalue weighted by atomic mass is 16.3. The summed E-state index contributed by atoms with van der Waals surface area (Å²) in [5.41, 5.74) is 2.09. The number of rotatable bonds is 0.